The predicted octanol–water partition coefficient (Wildman–Crippen LogP) is 2.85. The van der Waals surface area contributed by atoms with Gasteiger partial charge in [0.25, 0.3) is 0 Å². The number of nitrogens with one attached hydrogen (secondary N) is 1. The quantitative estimate of drug-likeness (QED) is 0.654. The largest absolute Gasteiger partial charge is 0.491 e. The molecule has 0 radical (unpaired) electrons. The fourth-order valence-corrected chi connectivity index (χ4v) is 2.60. The number of aromatic carboxylic acids is 1. The molecule has 1 unspecified atom stereocenters. The van der Waals surface area contributed by atoms with Gasteiger partial charge in [0, 0.05) is 17.3 Å². The standard InChI is InChI=1S/C18H17NO4/c20-12(11-23-13-6-2-1-3-7-13)10-15-14-8-4-5-9-16(14)19-17(15)18(21)22/h1-9,12,19-20H,10-11H2,(H,21,22). The van der Waals surface area contributed by atoms with Crippen molar-refractivity contribution < 1.29 is 19.7 Å². The van der Waals surface area contributed by atoms with Crippen LogP contribution in [0.3, 0.4) is 0 Å². The average Bonchev–Trinajstić information content (AvgIpc) is 2.93. The Balaban J connectivity index is 1.77. The second-order valence-corrected chi connectivity index (χ2v) is 5.31. The number of H-pyrrole nitrogens is 1. The predicted molar refractivity (Wildman–Crippen MR) is 86.9 cm³/mol. The Hall–Kier alpha value is -2.79. The maximum Gasteiger partial charge on any atom is 0.352 e. The zero-order valence-corrected chi connectivity index (χ0v) is 12.4. The van der Waals surface area contributed by atoms with Crippen molar-refractivity contribution in [3.63, 3.8) is 0 Å². The minimum Gasteiger partial charge on any atom is -0.491 e. The second kappa shape index (κ2) is 6.54. The Labute approximate surface area is 133 Å². The molecule has 0 saturated heterocycles. The molecule has 1 aromatic heterocycles. The minimum atomic E-state index is -1.03. The van der Waals surface area contributed by atoms with Crippen LogP contribution in [0, 0.1) is 0 Å². The highest BCUT2D eigenvalue weighted by Crippen LogP contribution is 2.24. The van der Waals surface area contributed by atoms with Gasteiger partial charge in [0.1, 0.15) is 18.1 Å². The summed E-state index contributed by atoms with van der Waals surface area (Å²) in [7, 11) is 0. The van der Waals surface area contributed by atoms with E-state index in [0.717, 1.165) is 10.9 Å². The van der Waals surface area contributed by atoms with E-state index in [4.69, 9.17) is 4.74 Å². The molecule has 3 N–H and O–H groups in total. The van der Waals surface area contributed by atoms with Gasteiger partial charge >= 0.3 is 5.97 Å². The Morgan fingerprint density at radius 1 is 1.09 bits per heavy atom. The Kier molecular flexibility index (Phi) is 4.30. The molecule has 0 amide bonds. The first-order valence-corrected chi connectivity index (χ1v) is 7.34. The van der Waals surface area contributed by atoms with Crippen molar-refractivity contribution in [2.24, 2.45) is 0 Å². The van der Waals surface area contributed by atoms with Gasteiger partial charge in [-0.3, -0.25) is 0 Å². The van der Waals surface area contributed by atoms with Gasteiger partial charge in [0.15, 0.2) is 0 Å². The minimum absolute atomic E-state index is 0.0998. The highest BCUT2D eigenvalue weighted by atomic mass is 16.5. The van der Waals surface area contributed by atoms with Gasteiger partial charge in [0.2, 0.25) is 0 Å². The zero-order valence-electron chi connectivity index (χ0n) is 12.4. The lowest BCUT2D eigenvalue weighted by Gasteiger charge is -2.12. The molecule has 0 aliphatic heterocycles. The number of rotatable bonds is 6. The third-order valence-corrected chi connectivity index (χ3v) is 3.65. The maximum absolute atomic E-state index is 11.4. The van der Waals surface area contributed by atoms with Crippen LogP contribution in [-0.2, 0) is 6.42 Å². The van der Waals surface area contributed by atoms with Gasteiger partial charge in [-0.1, -0.05) is 36.4 Å². The molecule has 0 spiro atoms. The maximum atomic E-state index is 11.4. The summed E-state index contributed by atoms with van der Waals surface area (Å²) in [6, 6.07) is 16.5. The fourth-order valence-electron chi connectivity index (χ4n) is 2.60. The number of fused-ring (bicyclic) bond motifs is 1. The Morgan fingerprint density at radius 3 is 2.52 bits per heavy atom. The molecule has 0 bridgehead atoms. The third kappa shape index (κ3) is 3.35. The molecule has 118 valence electrons. The van der Waals surface area contributed by atoms with E-state index in [1.165, 1.54) is 0 Å². The first kappa shape index (κ1) is 15.1. The number of carboxylic acid groups (broad SMARTS) is 1. The van der Waals surface area contributed by atoms with Crippen molar-refractivity contribution in [1.82, 2.24) is 4.98 Å². The number of aliphatic hydroxyl groups is 1. The summed E-state index contributed by atoms with van der Waals surface area (Å²) in [5.74, 6) is -0.365. The lowest BCUT2D eigenvalue weighted by Crippen LogP contribution is -2.21. The lowest BCUT2D eigenvalue weighted by atomic mass is 10.0. The number of aromatic nitrogens is 1. The highest BCUT2D eigenvalue weighted by molar-refractivity contribution is 5.97. The van der Waals surface area contributed by atoms with Crippen LogP contribution in [0.4, 0.5) is 0 Å². The van der Waals surface area contributed by atoms with Crippen LogP contribution in [0.25, 0.3) is 10.9 Å². The molecule has 1 atom stereocenters. The van der Waals surface area contributed by atoms with E-state index in [2.05, 4.69) is 4.98 Å². The van der Waals surface area contributed by atoms with Crippen molar-refractivity contribution in [2.45, 2.75) is 12.5 Å². The molecule has 0 aliphatic rings. The summed E-state index contributed by atoms with van der Waals surface area (Å²) in [6.07, 6.45) is -0.592. The zero-order chi connectivity index (χ0) is 16.2. The number of benzene rings is 2. The van der Waals surface area contributed by atoms with E-state index < -0.39 is 12.1 Å². The van der Waals surface area contributed by atoms with E-state index in [0.29, 0.717) is 11.3 Å². The van der Waals surface area contributed by atoms with Crippen molar-refractivity contribution in [3.05, 3.63) is 65.9 Å². The summed E-state index contributed by atoms with van der Waals surface area (Å²) in [4.78, 5) is 14.3. The van der Waals surface area contributed by atoms with Crippen LogP contribution < -0.4 is 4.74 Å². The molecule has 1 heterocycles. The highest BCUT2D eigenvalue weighted by Gasteiger charge is 2.19. The van der Waals surface area contributed by atoms with E-state index in [1.54, 1.807) is 12.1 Å². The van der Waals surface area contributed by atoms with Gasteiger partial charge in [-0.05, 0) is 23.8 Å². The molecular formula is C18H17NO4. The summed E-state index contributed by atoms with van der Waals surface area (Å²) in [5.41, 5.74) is 1.46. The number of hydrogen-bond donors (Lipinski definition) is 3. The van der Waals surface area contributed by atoms with Crippen molar-refractivity contribution >= 4 is 16.9 Å². The van der Waals surface area contributed by atoms with E-state index in [1.807, 2.05) is 42.5 Å². The molecule has 3 aromatic rings. The first-order chi connectivity index (χ1) is 11.1. The number of carboxylic acids is 1. The lowest BCUT2D eigenvalue weighted by molar-refractivity contribution is 0.0687. The van der Waals surface area contributed by atoms with Crippen LogP contribution in [0.15, 0.2) is 54.6 Å². The molecule has 0 fully saturated rings. The number of carbonyl (C=O) groups is 1. The summed E-state index contributed by atoms with van der Waals surface area (Å²) in [5, 5.41) is 20.4. The van der Waals surface area contributed by atoms with Crippen LogP contribution in [0.5, 0.6) is 5.75 Å². The Bertz CT molecular complexity index is 810. The monoisotopic (exact) mass is 311 g/mol. The summed E-state index contributed by atoms with van der Waals surface area (Å²) in [6.45, 7) is 0.0998. The number of ether oxygens (including phenoxy) is 1. The van der Waals surface area contributed by atoms with E-state index in [9.17, 15) is 15.0 Å². The molecule has 5 nitrogen and oxygen atoms in total. The summed E-state index contributed by atoms with van der Waals surface area (Å²) >= 11 is 0. The topological polar surface area (TPSA) is 82.5 Å². The van der Waals surface area contributed by atoms with Crippen molar-refractivity contribution in [2.75, 3.05) is 6.61 Å². The number of aromatic amines is 1. The van der Waals surface area contributed by atoms with E-state index in [-0.39, 0.29) is 18.7 Å². The molecule has 5 heteroatoms. The molecule has 0 saturated carbocycles. The van der Waals surface area contributed by atoms with Crippen LogP contribution in [0.2, 0.25) is 0 Å². The molecule has 23 heavy (non-hydrogen) atoms. The van der Waals surface area contributed by atoms with E-state index >= 15 is 0 Å². The van der Waals surface area contributed by atoms with Gasteiger partial charge < -0.3 is 19.9 Å². The molecule has 3 rings (SSSR count). The third-order valence-electron chi connectivity index (χ3n) is 3.65. The number of para-hydroxylation sites is 2. The number of aliphatic hydroxyl groups excluding tert-OH is 1. The molecule has 0 aliphatic carbocycles. The van der Waals surface area contributed by atoms with Crippen LogP contribution in [0.1, 0.15) is 16.1 Å². The second-order valence-electron chi connectivity index (χ2n) is 5.31. The van der Waals surface area contributed by atoms with Gasteiger partial charge in [-0.15, -0.1) is 0 Å². The van der Waals surface area contributed by atoms with Gasteiger partial charge in [-0.25, -0.2) is 4.79 Å². The van der Waals surface area contributed by atoms with Crippen molar-refractivity contribution in [3.8, 4) is 5.75 Å². The van der Waals surface area contributed by atoms with Crippen molar-refractivity contribution in [1.29, 1.82) is 0 Å². The summed E-state index contributed by atoms with van der Waals surface area (Å²) < 4.78 is 5.52. The fraction of sp³-hybridized carbons (Fsp3) is 0.167. The first-order valence-electron chi connectivity index (χ1n) is 7.34. The molecule has 2 aromatic carbocycles. The smallest absolute Gasteiger partial charge is 0.352 e. The van der Waals surface area contributed by atoms with Gasteiger partial charge in [0.05, 0.1) is 6.10 Å². The van der Waals surface area contributed by atoms with Crippen LogP contribution >= 0.6 is 0 Å². The average molecular weight is 311 g/mol. The Morgan fingerprint density at radius 2 is 1.78 bits per heavy atom. The number of hydrogen-bond acceptors (Lipinski definition) is 3. The van der Waals surface area contributed by atoms with Gasteiger partial charge in [-0.2, -0.15) is 0 Å². The van der Waals surface area contributed by atoms with Crippen LogP contribution in [-0.4, -0.2) is 33.9 Å². The molecular weight excluding hydrogens is 294 g/mol. The SMILES string of the molecule is O=C(O)c1[nH]c2ccccc2c1CC(O)COc1ccccc1. The normalized spacial score (nSPS) is 12.2.